The van der Waals surface area contributed by atoms with Gasteiger partial charge in [-0.15, -0.1) is 11.8 Å². The highest BCUT2D eigenvalue weighted by Gasteiger charge is 2.50. The minimum absolute atomic E-state index is 0.0195. The minimum Gasteiger partial charge on any atom is -0.462 e. The van der Waals surface area contributed by atoms with E-state index in [4.69, 9.17) is 9.16 Å². The van der Waals surface area contributed by atoms with Gasteiger partial charge in [0, 0.05) is 31.8 Å². The molecule has 0 N–H and O–H groups in total. The van der Waals surface area contributed by atoms with Gasteiger partial charge in [0.05, 0.1) is 0 Å². The fourth-order valence-electron chi connectivity index (χ4n) is 5.53. The van der Waals surface area contributed by atoms with Crippen LogP contribution >= 0.6 is 0 Å². The highest BCUT2D eigenvalue weighted by Crippen LogP contribution is 2.42. The van der Waals surface area contributed by atoms with Crippen LogP contribution in [0.4, 0.5) is 0 Å². The molecule has 3 nitrogen and oxygen atoms in total. The second-order valence-electron chi connectivity index (χ2n) is 10.1. The van der Waals surface area contributed by atoms with E-state index < -0.39 is 8.32 Å². The monoisotopic (exact) mass is 446 g/mol. The molecule has 2 aliphatic rings. The smallest absolute Gasteiger partial charge is 0.306 e. The lowest BCUT2D eigenvalue weighted by Gasteiger charge is -2.43. The summed E-state index contributed by atoms with van der Waals surface area (Å²) in [6, 6.07) is 21.5. The summed E-state index contributed by atoms with van der Waals surface area (Å²) < 4.78 is 12.4. The lowest BCUT2D eigenvalue weighted by molar-refractivity contribution is -0.157. The molecule has 3 atom stereocenters. The number of benzene rings is 2. The first-order chi connectivity index (χ1) is 15.4. The first-order valence-corrected chi connectivity index (χ1v) is 13.7. The summed E-state index contributed by atoms with van der Waals surface area (Å²) in [6.45, 7) is 7.51. The number of hydrogen-bond acceptors (Lipinski definition) is 3. The number of carbonyl (C=O) groups is 1. The zero-order valence-electron chi connectivity index (χ0n) is 19.5. The van der Waals surface area contributed by atoms with Crippen molar-refractivity contribution < 1.29 is 14.0 Å². The van der Waals surface area contributed by atoms with Crippen molar-refractivity contribution in [1.82, 2.24) is 0 Å². The SMILES string of the molecule is CC(C)(C)[Si](OCCC#CC[C@@H]1[C@H]2CC[C@@H]1OC(=O)C2)(c1ccccc1)c1ccccc1. The largest absolute Gasteiger partial charge is 0.462 e. The minimum atomic E-state index is -2.49. The fourth-order valence-corrected chi connectivity index (χ4v) is 10.1. The van der Waals surface area contributed by atoms with Crippen molar-refractivity contribution in [2.45, 2.75) is 64.0 Å². The van der Waals surface area contributed by atoms with Crippen LogP contribution in [0.5, 0.6) is 0 Å². The maximum absolute atomic E-state index is 11.6. The van der Waals surface area contributed by atoms with E-state index in [-0.39, 0.29) is 17.1 Å². The molecule has 2 bridgehead atoms. The Balaban J connectivity index is 1.46. The van der Waals surface area contributed by atoms with Crippen LogP contribution in [0.1, 0.15) is 52.9 Å². The average molecular weight is 447 g/mol. The molecule has 2 aromatic carbocycles. The molecule has 4 heteroatoms. The first-order valence-electron chi connectivity index (χ1n) is 11.8. The predicted molar refractivity (Wildman–Crippen MR) is 131 cm³/mol. The van der Waals surface area contributed by atoms with Crippen molar-refractivity contribution in [2.75, 3.05) is 6.61 Å². The number of hydrogen-bond donors (Lipinski definition) is 0. The van der Waals surface area contributed by atoms with Gasteiger partial charge in [0.2, 0.25) is 0 Å². The molecule has 1 heterocycles. The number of ether oxygens (including phenoxy) is 1. The summed E-state index contributed by atoms with van der Waals surface area (Å²) in [7, 11) is -2.49. The number of fused-ring (bicyclic) bond motifs is 2. The zero-order chi connectivity index (χ0) is 22.6. The van der Waals surface area contributed by atoms with E-state index in [2.05, 4.69) is 93.3 Å². The highest BCUT2D eigenvalue weighted by molar-refractivity contribution is 6.99. The van der Waals surface area contributed by atoms with Gasteiger partial charge < -0.3 is 9.16 Å². The summed E-state index contributed by atoms with van der Waals surface area (Å²) in [5.41, 5.74) is 0. The third-order valence-electron chi connectivity index (χ3n) is 7.04. The Bertz CT molecular complexity index is 913. The second kappa shape index (κ2) is 9.64. The number of esters is 1. The molecule has 168 valence electrons. The lowest BCUT2D eigenvalue weighted by Crippen LogP contribution is -2.66. The van der Waals surface area contributed by atoms with Crippen molar-refractivity contribution in [3.63, 3.8) is 0 Å². The summed E-state index contributed by atoms with van der Waals surface area (Å²) in [6.07, 6.45) is 4.29. The summed E-state index contributed by atoms with van der Waals surface area (Å²) >= 11 is 0. The van der Waals surface area contributed by atoms with Crippen molar-refractivity contribution in [3.8, 4) is 11.8 Å². The van der Waals surface area contributed by atoms with Crippen LogP contribution in [-0.2, 0) is 14.0 Å². The lowest BCUT2D eigenvalue weighted by atomic mass is 9.87. The van der Waals surface area contributed by atoms with Crippen LogP contribution < -0.4 is 10.4 Å². The molecule has 1 saturated carbocycles. The van der Waals surface area contributed by atoms with Crippen LogP contribution in [0.2, 0.25) is 5.04 Å². The summed E-state index contributed by atoms with van der Waals surface area (Å²) in [4.78, 5) is 11.6. The van der Waals surface area contributed by atoms with Crippen molar-refractivity contribution in [3.05, 3.63) is 60.7 Å². The van der Waals surface area contributed by atoms with Gasteiger partial charge >= 0.3 is 5.97 Å². The van der Waals surface area contributed by atoms with Gasteiger partial charge in [-0.1, -0.05) is 81.4 Å². The number of carbonyl (C=O) groups excluding carboxylic acids is 1. The summed E-state index contributed by atoms with van der Waals surface area (Å²) in [5.74, 6) is 7.57. The topological polar surface area (TPSA) is 35.5 Å². The molecular weight excluding hydrogens is 412 g/mol. The highest BCUT2D eigenvalue weighted by atomic mass is 28.4. The maximum Gasteiger partial charge on any atom is 0.306 e. The molecule has 0 unspecified atom stereocenters. The van der Waals surface area contributed by atoms with E-state index in [0.717, 1.165) is 19.3 Å². The molecule has 2 aromatic rings. The molecule has 0 amide bonds. The van der Waals surface area contributed by atoms with Crippen LogP contribution in [0.3, 0.4) is 0 Å². The molecule has 1 aliphatic carbocycles. The van der Waals surface area contributed by atoms with Gasteiger partial charge in [-0.05, 0) is 34.2 Å². The Kier molecular flexibility index (Phi) is 6.88. The molecule has 1 aliphatic heterocycles. The standard InChI is InChI=1S/C28H34O3Si/c1-28(2,3)32(23-13-7-4-8-14-23,24-15-9-5-10-16-24)30-20-12-6-11-17-25-22-18-19-26(25)31-27(29)21-22/h4-5,7-10,13-16,22,25-26H,12,17-21H2,1-3H3/t22-,25+,26-/m0/s1. The third-order valence-corrected chi connectivity index (χ3v) is 12.1. The van der Waals surface area contributed by atoms with Gasteiger partial charge in [0.25, 0.3) is 8.32 Å². The molecule has 0 aromatic heterocycles. The van der Waals surface area contributed by atoms with Crippen molar-refractivity contribution >= 4 is 24.7 Å². The van der Waals surface area contributed by atoms with Crippen LogP contribution in [0.15, 0.2) is 60.7 Å². The Morgan fingerprint density at radius 3 is 2.16 bits per heavy atom. The van der Waals surface area contributed by atoms with Gasteiger partial charge in [-0.3, -0.25) is 4.79 Å². The first kappa shape index (κ1) is 22.8. The van der Waals surface area contributed by atoms with Gasteiger partial charge in [-0.2, -0.15) is 0 Å². The molecular formula is C28H34O3Si. The van der Waals surface area contributed by atoms with E-state index in [1.807, 2.05) is 0 Å². The Hall–Kier alpha value is -2.35. The van der Waals surface area contributed by atoms with Crippen LogP contribution in [-0.4, -0.2) is 27.0 Å². The normalized spacial score (nSPS) is 22.7. The predicted octanol–water partition coefficient (Wildman–Crippen LogP) is 4.69. The average Bonchev–Trinajstić information content (AvgIpc) is 3.02. The third kappa shape index (κ3) is 4.56. The van der Waals surface area contributed by atoms with E-state index in [9.17, 15) is 4.79 Å². The van der Waals surface area contributed by atoms with Crippen LogP contribution in [0, 0.1) is 23.7 Å². The molecule has 32 heavy (non-hydrogen) atoms. The van der Waals surface area contributed by atoms with Gasteiger partial charge in [-0.25, -0.2) is 0 Å². The van der Waals surface area contributed by atoms with E-state index in [0.29, 0.717) is 31.3 Å². The molecule has 0 radical (unpaired) electrons. The van der Waals surface area contributed by atoms with Gasteiger partial charge in [0.1, 0.15) is 6.10 Å². The number of rotatable bonds is 6. The van der Waals surface area contributed by atoms with E-state index >= 15 is 0 Å². The Morgan fingerprint density at radius 1 is 0.969 bits per heavy atom. The zero-order valence-corrected chi connectivity index (χ0v) is 20.5. The van der Waals surface area contributed by atoms with E-state index in [1.54, 1.807) is 0 Å². The quantitative estimate of drug-likeness (QED) is 0.280. The molecule has 2 fully saturated rings. The Labute approximate surface area is 193 Å². The molecule has 1 saturated heterocycles. The molecule has 4 rings (SSSR count). The van der Waals surface area contributed by atoms with Gasteiger partial charge in [0.15, 0.2) is 0 Å². The van der Waals surface area contributed by atoms with Crippen LogP contribution in [0.25, 0.3) is 0 Å². The maximum atomic E-state index is 11.6. The fraction of sp³-hybridized carbons (Fsp3) is 0.464. The Morgan fingerprint density at radius 2 is 1.59 bits per heavy atom. The molecule has 0 spiro atoms. The van der Waals surface area contributed by atoms with Crippen molar-refractivity contribution in [1.29, 1.82) is 0 Å². The second-order valence-corrected chi connectivity index (χ2v) is 14.4. The van der Waals surface area contributed by atoms with E-state index in [1.165, 1.54) is 10.4 Å². The van der Waals surface area contributed by atoms with Crippen molar-refractivity contribution in [2.24, 2.45) is 11.8 Å². The summed E-state index contributed by atoms with van der Waals surface area (Å²) in [5, 5.41) is 2.58.